The first kappa shape index (κ1) is 23.5. The van der Waals surface area contributed by atoms with Crippen LogP contribution in [0.4, 0.5) is 4.39 Å². The number of rotatable bonds is 8. The number of nitrogens with two attached hydrogens (primary N) is 1. The Bertz CT molecular complexity index is 811. The third-order valence-electron chi connectivity index (χ3n) is 3.03. The fourth-order valence-corrected chi connectivity index (χ4v) is 1.89. The Kier molecular flexibility index (Phi) is 10.4. The number of ether oxygens (including phenoxy) is 1. The molecule has 0 aromatic heterocycles. The van der Waals surface area contributed by atoms with Gasteiger partial charge in [-0.1, -0.05) is 23.4 Å². The number of carboxylic acids is 1. The normalized spacial score (nSPS) is 11.3. The summed E-state index contributed by atoms with van der Waals surface area (Å²) in [5.74, 6) is -0.650. The van der Waals surface area contributed by atoms with Gasteiger partial charge in [-0.15, -0.1) is 0 Å². The number of carboxylic acid groups (broad SMARTS) is 1. The zero-order valence-corrected chi connectivity index (χ0v) is 18.3. The van der Waals surface area contributed by atoms with Crippen molar-refractivity contribution < 1.29 is 75.3 Å². The Morgan fingerprint density at radius 1 is 1.15 bits per heavy atom. The predicted molar refractivity (Wildman–Crippen MR) is 95.5 cm³/mol. The zero-order valence-electron chi connectivity index (χ0n) is 14.4. The maximum atomic E-state index is 12.9. The predicted octanol–water partition coefficient (Wildman–Crippen LogP) is 1.20. The van der Waals surface area contributed by atoms with Gasteiger partial charge in [-0.05, 0) is 48.5 Å². The van der Waals surface area contributed by atoms with Crippen molar-refractivity contribution in [3.8, 4) is 11.5 Å². The van der Waals surface area contributed by atoms with E-state index in [-0.39, 0.29) is 74.4 Å². The summed E-state index contributed by atoms with van der Waals surface area (Å²) in [5.41, 5.74) is 9.70. The molecule has 0 bridgehead atoms. The molecule has 0 aliphatic carbocycles. The van der Waals surface area contributed by atoms with Gasteiger partial charge in [-0.2, -0.15) is 0 Å². The Morgan fingerprint density at radius 2 is 1.74 bits per heavy atom. The third-order valence-corrected chi connectivity index (χ3v) is 3.27. The second-order valence-corrected chi connectivity index (χ2v) is 5.38. The smallest absolute Gasteiger partial charge is 0.557 e. The van der Waals surface area contributed by atoms with Crippen molar-refractivity contribution >= 4 is 17.6 Å². The molecule has 0 saturated heterocycles. The minimum Gasteiger partial charge on any atom is -0.557 e. The molecule has 0 aliphatic rings. The van der Waals surface area contributed by atoms with E-state index in [9.17, 15) is 9.18 Å². The molecule has 0 aliphatic heterocycles. The molecule has 0 fully saturated rings. The number of hydrogen-bond acceptors (Lipinski definition) is 4. The van der Waals surface area contributed by atoms with Crippen molar-refractivity contribution in [2.75, 3.05) is 6.61 Å². The van der Waals surface area contributed by atoms with E-state index in [1.165, 1.54) is 60.8 Å². The first-order valence-electron chi connectivity index (χ1n) is 7.35. The third kappa shape index (κ3) is 8.33. The van der Waals surface area contributed by atoms with Crippen LogP contribution in [0, 0.1) is 5.82 Å². The molecule has 2 aromatic rings. The minimum atomic E-state index is -1.04. The van der Waals surface area contributed by atoms with Gasteiger partial charge in [0.05, 0.1) is 17.2 Å². The summed E-state index contributed by atoms with van der Waals surface area (Å²) in [7, 11) is 0. The molecule has 136 valence electrons. The second-order valence-electron chi connectivity index (χ2n) is 4.94. The summed E-state index contributed by atoms with van der Waals surface area (Å²) >= 11 is 5.87. The molecular formula is C18H15ClFKN2O4. The number of aromatic carboxylic acids is 1. The van der Waals surface area contributed by atoms with E-state index < -0.39 is 5.97 Å². The van der Waals surface area contributed by atoms with Crippen LogP contribution in [0.3, 0.4) is 0 Å². The Hall–Kier alpha value is -1.55. The quantitative estimate of drug-likeness (QED) is 0.383. The standard InChI is InChI=1S/C18H15ClFN2O4.K/c19-13(10-21)9-15(11-25-16-7-3-14(20)4-8-16)22-26-17-5-1-12(2-6-17)18(23)24;/h1-10H,11,21H2,(H,23,24);/q-1;+1/b13-10+,15-9+;. The molecular weight excluding hydrogens is 402 g/mol. The summed E-state index contributed by atoms with van der Waals surface area (Å²) in [6.07, 6.45) is 2.62. The van der Waals surface area contributed by atoms with Gasteiger partial charge in [-0.25, -0.2) is 9.18 Å². The Balaban J connectivity index is 0.00000364. The molecule has 0 saturated carbocycles. The molecule has 2 aromatic carbocycles. The number of carbonyl (C=O) groups is 1. The number of hydroxylamine groups is 1. The molecule has 6 nitrogen and oxygen atoms in total. The molecule has 0 heterocycles. The fourth-order valence-electron chi connectivity index (χ4n) is 1.76. The van der Waals surface area contributed by atoms with Gasteiger partial charge < -0.3 is 25.9 Å². The molecule has 27 heavy (non-hydrogen) atoms. The van der Waals surface area contributed by atoms with E-state index in [0.717, 1.165) is 0 Å². The molecule has 0 amide bonds. The Morgan fingerprint density at radius 3 is 2.30 bits per heavy atom. The topological polar surface area (TPSA) is 95.9 Å². The molecule has 0 atom stereocenters. The van der Waals surface area contributed by atoms with E-state index in [1.54, 1.807) is 0 Å². The van der Waals surface area contributed by atoms with Gasteiger partial charge in [0, 0.05) is 6.20 Å². The molecule has 0 unspecified atom stereocenters. The number of hydrogen-bond donors (Lipinski definition) is 2. The van der Waals surface area contributed by atoms with Crippen LogP contribution in [-0.2, 0) is 0 Å². The van der Waals surface area contributed by atoms with Gasteiger partial charge in [0.25, 0.3) is 0 Å². The van der Waals surface area contributed by atoms with Crippen molar-refractivity contribution in [1.82, 2.24) is 0 Å². The van der Waals surface area contributed by atoms with Crippen molar-refractivity contribution in [1.29, 1.82) is 0 Å². The van der Waals surface area contributed by atoms with Crippen molar-refractivity contribution in [3.63, 3.8) is 0 Å². The minimum absolute atomic E-state index is 0. The van der Waals surface area contributed by atoms with Crippen LogP contribution in [0.15, 0.2) is 71.5 Å². The summed E-state index contributed by atoms with van der Waals surface area (Å²) < 4.78 is 18.4. The SMILES string of the molecule is N/C=C(Cl)\C=C(/COc1ccc(F)cc1)[N-]Oc1ccc(C(=O)O)cc1.[K+]. The van der Waals surface area contributed by atoms with E-state index >= 15 is 0 Å². The van der Waals surface area contributed by atoms with Crippen LogP contribution in [0.1, 0.15) is 10.4 Å². The monoisotopic (exact) mass is 416 g/mol. The summed E-state index contributed by atoms with van der Waals surface area (Å²) in [4.78, 5) is 16.1. The molecule has 9 heteroatoms. The van der Waals surface area contributed by atoms with E-state index in [4.69, 9.17) is 32.0 Å². The fraction of sp³-hybridized carbons (Fsp3) is 0.0556. The molecule has 0 radical (unpaired) electrons. The van der Waals surface area contributed by atoms with Crippen LogP contribution in [0.5, 0.6) is 11.5 Å². The van der Waals surface area contributed by atoms with Gasteiger partial charge in [0.2, 0.25) is 0 Å². The van der Waals surface area contributed by atoms with Crippen molar-refractivity contribution in [2.45, 2.75) is 0 Å². The van der Waals surface area contributed by atoms with Crippen molar-refractivity contribution in [3.05, 3.63) is 88.4 Å². The van der Waals surface area contributed by atoms with Gasteiger partial charge >= 0.3 is 57.4 Å². The van der Waals surface area contributed by atoms with Crippen LogP contribution in [0.2, 0.25) is 0 Å². The number of nitrogens with zero attached hydrogens (tertiary/aromatic N) is 1. The van der Waals surface area contributed by atoms with Crippen LogP contribution >= 0.6 is 11.6 Å². The van der Waals surface area contributed by atoms with E-state index in [2.05, 4.69) is 5.48 Å². The first-order chi connectivity index (χ1) is 12.5. The van der Waals surface area contributed by atoms with Gasteiger partial charge in [0.1, 0.15) is 17.3 Å². The summed E-state index contributed by atoms with van der Waals surface area (Å²) in [5, 5.41) is 9.09. The number of halogens is 2. The van der Waals surface area contributed by atoms with Gasteiger partial charge in [-0.3, -0.25) is 0 Å². The van der Waals surface area contributed by atoms with E-state index in [0.29, 0.717) is 17.2 Å². The van der Waals surface area contributed by atoms with Gasteiger partial charge in [0.15, 0.2) is 0 Å². The largest absolute Gasteiger partial charge is 1.00 e. The van der Waals surface area contributed by atoms with Crippen LogP contribution in [-0.4, -0.2) is 17.7 Å². The number of allylic oxidation sites excluding steroid dienone is 2. The number of benzene rings is 2. The second kappa shape index (κ2) is 12.0. The first-order valence-corrected chi connectivity index (χ1v) is 7.73. The summed E-state index contributed by atoms with van der Waals surface area (Å²) in [6, 6.07) is 11.2. The Labute approximate surface area is 203 Å². The van der Waals surface area contributed by atoms with Crippen molar-refractivity contribution in [2.24, 2.45) is 5.73 Å². The molecule has 0 spiro atoms. The maximum Gasteiger partial charge on any atom is 1.00 e. The molecule has 3 N–H and O–H groups in total. The van der Waals surface area contributed by atoms with E-state index in [1.807, 2.05) is 0 Å². The zero-order chi connectivity index (χ0) is 18.9. The summed E-state index contributed by atoms with van der Waals surface area (Å²) in [6.45, 7) is -0.0110. The van der Waals surface area contributed by atoms with Crippen LogP contribution < -0.4 is 66.7 Å². The average Bonchev–Trinajstić information content (AvgIpc) is 2.65. The maximum absolute atomic E-state index is 12.9. The molecule has 2 rings (SSSR count). The average molecular weight is 417 g/mol. The van der Waals surface area contributed by atoms with Crippen LogP contribution in [0.25, 0.3) is 5.48 Å².